The average Bonchev–Trinajstić information content (AvgIpc) is 3.44. The predicted molar refractivity (Wildman–Crippen MR) is 90.6 cm³/mol. The predicted octanol–water partition coefficient (Wildman–Crippen LogP) is 3.00. The number of non-ortho nitro benzene ring substituents is 1. The van der Waals surface area contributed by atoms with E-state index in [1.54, 1.807) is 24.3 Å². The second kappa shape index (κ2) is 7.21. The number of amides is 1. The van der Waals surface area contributed by atoms with Crippen LogP contribution in [0.1, 0.15) is 24.5 Å². The maximum absolute atomic E-state index is 12.6. The Hall–Kier alpha value is -3.09. The molecule has 2 aromatic carbocycles. The third-order valence-corrected chi connectivity index (χ3v) is 3.87. The third-order valence-electron chi connectivity index (χ3n) is 3.87. The molecule has 0 aromatic heterocycles. The van der Waals surface area contributed by atoms with E-state index in [0.29, 0.717) is 11.3 Å². The summed E-state index contributed by atoms with van der Waals surface area (Å²) in [5.74, 6) is 0.199. The summed E-state index contributed by atoms with van der Waals surface area (Å²) in [6, 6.07) is 13.2. The van der Waals surface area contributed by atoms with Crippen molar-refractivity contribution in [3.63, 3.8) is 0 Å². The molecule has 0 radical (unpaired) electrons. The van der Waals surface area contributed by atoms with Crippen LogP contribution in [0, 0.1) is 10.1 Å². The molecule has 130 valence electrons. The van der Waals surface area contributed by atoms with Crippen LogP contribution in [0.3, 0.4) is 0 Å². The molecule has 1 amide bonds. The lowest BCUT2D eigenvalue weighted by Gasteiger charge is -2.20. The Morgan fingerprint density at radius 2 is 1.92 bits per heavy atom. The van der Waals surface area contributed by atoms with Gasteiger partial charge in [-0.3, -0.25) is 14.9 Å². The van der Waals surface area contributed by atoms with Crippen LogP contribution < -0.4 is 14.8 Å². The van der Waals surface area contributed by atoms with E-state index in [9.17, 15) is 14.9 Å². The lowest BCUT2D eigenvalue weighted by Crippen LogP contribution is -2.33. The molecular formula is C18H18N2O5. The molecule has 1 fully saturated rings. The van der Waals surface area contributed by atoms with E-state index in [1.807, 2.05) is 6.07 Å². The molecule has 2 aromatic rings. The number of carbonyl (C=O) groups is 1. The summed E-state index contributed by atoms with van der Waals surface area (Å²) >= 11 is 0. The minimum atomic E-state index is -0.919. The lowest BCUT2D eigenvalue weighted by molar-refractivity contribution is -0.385. The topological polar surface area (TPSA) is 90.7 Å². The molecule has 1 aliphatic carbocycles. The molecule has 0 spiro atoms. The van der Waals surface area contributed by atoms with Crippen LogP contribution in [0.15, 0.2) is 48.5 Å². The van der Waals surface area contributed by atoms with Crippen molar-refractivity contribution in [3.8, 4) is 11.5 Å². The van der Waals surface area contributed by atoms with Gasteiger partial charge < -0.3 is 14.8 Å². The van der Waals surface area contributed by atoms with Gasteiger partial charge in [-0.25, -0.2) is 0 Å². The Kier molecular flexibility index (Phi) is 4.83. The molecule has 1 aliphatic rings. The largest absolute Gasteiger partial charge is 0.493 e. The Morgan fingerprint density at radius 3 is 2.52 bits per heavy atom. The molecule has 7 nitrogen and oxygen atoms in total. The van der Waals surface area contributed by atoms with Crippen LogP contribution in [0.4, 0.5) is 5.69 Å². The number of hydrogen-bond acceptors (Lipinski definition) is 5. The van der Waals surface area contributed by atoms with Gasteiger partial charge >= 0.3 is 0 Å². The fourth-order valence-electron chi connectivity index (χ4n) is 2.40. The van der Waals surface area contributed by atoms with Crippen LogP contribution in [-0.4, -0.2) is 24.0 Å². The van der Waals surface area contributed by atoms with Crippen molar-refractivity contribution in [2.45, 2.75) is 25.0 Å². The van der Waals surface area contributed by atoms with Crippen molar-refractivity contribution < 1.29 is 19.2 Å². The average molecular weight is 342 g/mol. The zero-order valence-corrected chi connectivity index (χ0v) is 13.7. The summed E-state index contributed by atoms with van der Waals surface area (Å²) in [6.45, 7) is 0. The van der Waals surface area contributed by atoms with Gasteiger partial charge in [0.25, 0.3) is 11.6 Å². The van der Waals surface area contributed by atoms with E-state index in [-0.39, 0.29) is 23.4 Å². The van der Waals surface area contributed by atoms with Crippen LogP contribution in [0.5, 0.6) is 11.5 Å². The molecule has 1 saturated carbocycles. The first-order valence-corrected chi connectivity index (χ1v) is 7.93. The summed E-state index contributed by atoms with van der Waals surface area (Å²) in [4.78, 5) is 23.1. The quantitative estimate of drug-likeness (QED) is 0.617. The van der Waals surface area contributed by atoms with E-state index in [4.69, 9.17) is 9.47 Å². The summed E-state index contributed by atoms with van der Waals surface area (Å²) in [6.07, 6.45) is 0.985. The van der Waals surface area contributed by atoms with Gasteiger partial charge in [-0.1, -0.05) is 30.3 Å². The Morgan fingerprint density at radius 1 is 1.20 bits per heavy atom. The van der Waals surface area contributed by atoms with Gasteiger partial charge in [0, 0.05) is 17.7 Å². The number of rotatable bonds is 7. The Bertz CT molecular complexity index is 774. The second-order valence-electron chi connectivity index (χ2n) is 5.78. The summed E-state index contributed by atoms with van der Waals surface area (Å²) in [7, 11) is 1.44. The highest BCUT2D eigenvalue weighted by molar-refractivity contribution is 5.83. The number of nitrogens with zero attached hydrogens (tertiary/aromatic N) is 1. The number of nitro groups is 1. The van der Waals surface area contributed by atoms with Crippen molar-refractivity contribution in [1.82, 2.24) is 5.32 Å². The zero-order valence-electron chi connectivity index (χ0n) is 13.7. The first-order valence-electron chi connectivity index (χ1n) is 7.93. The highest BCUT2D eigenvalue weighted by Gasteiger charge is 2.30. The SMILES string of the molecule is COc1ccc([N+](=O)[O-])cc1O[C@H](C(=O)NC1CC1)c1ccccc1. The van der Waals surface area contributed by atoms with E-state index >= 15 is 0 Å². The fraction of sp³-hybridized carbons (Fsp3) is 0.278. The normalized spacial score (nSPS) is 14.4. The molecule has 0 aliphatic heterocycles. The van der Waals surface area contributed by atoms with Gasteiger partial charge in [-0.05, 0) is 18.9 Å². The highest BCUT2D eigenvalue weighted by atomic mass is 16.6. The number of nitro benzene ring substituents is 1. The third kappa shape index (κ3) is 4.06. The number of carbonyl (C=O) groups excluding carboxylic acids is 1. The smallest absolute Gasteiger partial charge is 0.273 e. The minimum absolute atomic E-state index is 0.134. The molecule has 0 saturated heterocycles. The molecular weight excluding hydrogens is 324 g/mol. The number of nitrogens with one attached hydrogen (secondary N) is 1. The second-order valence-corrected chi connectivity index (χ2v) is 5.78. The van der Waals surface area contributed by atoms with Crippen molar-refractivity contribution in [2.75, 3.05) is 7.11 Å². The van der Waals surface area contributed by atoms with Crippen LogP contribution in [-0.2, 0) is 4.79 Å². The molecule has 0 unspecified atom stereocenters. The molecule has 0 bridgehead atoms. The Labute approximate surface area is 144 Å². The van der Waals surface area contributed by atoms with Gasteiger partial charge in [0.1, 0.15) is 0 Å². The van der Waals surface area contributed by atoms with Crippen molar-refractivity contribution in [1.29, 1.82) is 0 Å². The van der Waals surface area contributed by atoms with Gasteiger partial charge in [-0.2, -0.15) is 0 Å². The number of benzene rings is 2. The van der Waals surface area contributed by atoms with E-state index < -0.39 is 11.0 Å². The maximum Gasteiger partial charge on any atom is 0.273 e. The first kappa shape index (κ1) is 16.8. The van der Waals surface area contributed by atoms with E-state index in [0.717, 1.165) is 12.8 Å². The van der Waals surface area contributed by atoms with Crippen LogP contribution >= 0.6 is 0 Å². The Balaban J connectivity index is 1.92. The molecule has 3 rings (SSSR count). The van der Waals surface area contributed by atoms with Gasteiger partial charge in [-0.15, -0.1) is 0 Å². The highest BCUT2D eigenvalue weighted by Crippen LogP contribution is 2.35. The zero-order chi connectivity index (χ0) is 17.8. The number of hydrogen-bond donors (Lipinski definition) is 1. The molecule has 25 heavy (non-hydrogen) atoms. The standard InChI is InChI=1S/C18H18N2O5/c1-24-15-10-9-14(20(22)23)11-16(15)25-17(12-5-3-2-4-6-12)18(21)19-13-7-8-13/h2-6,9-11,13,17H,7-8H2,1H3,(H,19,21)/t17-/m0/s1. The first-order chi connectivity index (χ1) is 12.1. The summed E-state index contributed by atoms with van der Waals surface area (Å²) in [5, 5.41) is 13.9. The van der Waals surface area contributed by atoms with Crippen molar-refractivity contribution in [3.05, 3.63) is 64.2 Å². The van der Waals surface area contributed by atoms with E-state index in [2.05, 4.69) is 5.32 Å². The minimum Gasteiger partial charge on any atom is -0.493 e. The summed E-state index contributed by atoms with van der Waals surface area (Å²) in [5.41, 5.74) is 0.527. The van der Waals surface area contributed by atoms with E-state index in [1.165, 1.54) is 25.3 Å². The van der Waals surface area contributed by atoms with Crippen LogP contribution in [0.2, 0.25) is 0 Å². The molecule has 0 heterocycles. The van der Waals surface area contributed by atoms with Crippen LogP contribution in [0.25, 0.3) is 0 Å². The molecule has 7 heteroatoms. The number of ether oxygens (including phenoxy) is 2. The van der Waals surface area contributed by atoms with Crippen molar-refractivity contribution in [2.24, 2.45) is 0 Å². The summed E-state index contributed by atoms with van der Waals surface area (Å²) < 4.78 is 11.1. The fourth-order valence-corrected chi connectivity index (χ4v) is 2.40. The molecule has 1 N–H and O–H groups in total. The maximum atomic E-state index is 12.6. The van der Waals surface area contributed by atoms with Gasteiger partial charge in [0.15, 0.2) is 11.5 Å². The molecule has 1 atom stereocenters. The lowest BCUT2D eigenvalue weighted by atomic mass is 10.1. The monoisotopic (exact) mass is 342 g/mol. The van der Waals surface area contributed by atoms with Crippen molar-refractivity contribution >= 4 is 11.6 Å². The van der Waals surface area contributed by atoms with Gasteiger partial charge in [0.2, 0.25) is 6.10 Å². The van der Waals surface area contributed by atoms with Gasteiger partial charge in [0.05, 0.1) is 18.1 Å². The number of methoxy groups -OCH3 is 1.